The molecule has 0 spiro atoms. The summed E-state index contributed by atoms with van der Waals surface area (Å²) in [5, 5.41) is 6.93. The van der Waals surface area contributed by atoms with E-state index in [0.29, 0.717) is 24.8 Å². The maximum Gasteiger partial charge on any atom is 0.317 e. The zero-order valence-corrected chi connectivity index (χ0v) is 13.4. The van der Waals surface area contributed by atoms with Crippen molar-refractivity contribution in [3.63, 3.8) is 0 Å². The monoisotopic (exact) mass is 308 g/mol. The van der Waals surface area contributed by atoms with E-state index in [9.17, 15) is 4.79 Å². The predicted molar refractivity (Wildman–Crippen MR) is 80.7 cm³/mol. The molecule has 0 saturated carbocycles. The molecule has 2 amide bonds. The summed E-state index contributed by atoms with van der Waals surface area (Å²) in [6.45, 7) is 6.93. The first-order chi connectivity index (χ1) is 10.5. The number of aryl methyl sites for hydroxylation is 1. The van der Waals surface area contributed by atoms with Gasteiger partial charge in [-0.25, -0.2) is 4.79 Å². The average Bonchev–Trinajstić information content (AvgIpc) is 2.73. The lowest BCUT2D eigenvalue weighted by Gasteiger charge is -2.38. The molecule has 1 aromatic heterocycles. The van der Waals surface area contributed by atoms with Gasteiger partial charge in [0, 0.05) is 39.3 Å². The van der Waals surface area contributed by atoms with Crippen LogP contribution in [0.3, 0.4) is 0 Å². The number of nitrogens with zero attached hydrogens (tertiary/aromatic N) is 5. The third-order valence-electron chi connectivity index (χ3n) is 4.32. The Morgan fingerprint density at radius 1 is 1.18 bits per heavy atom. The van der Waals surface area contributed by atoms with E-state index in [0.717, 1.165) is 26.2 Å². The number of amides is 2. The molecule has 3 rings (SSSR count). The van der Waals surface area contributed by atoms with Crippen molar-refractivity contribution in [2.75, 3.05) is 53.4 Å². The van der Waals surface area contributed by atoms with Crippen LogP contribution in [-0.4, -0.2) is 90.3 Å². The average molecular weight is 308 g/mol. The van der Waals surface area contributed by atoms with E-state index < -0.39 is 0 Å². The highest BCUT2D eigenvalue weighted by Gasteiger charge is 2.36. The molecule has 0 radical (unpaired) electrons. The molecule has 2 aliphatic rings. The summed E-state index contributed by atoms with van der Waals surface area (Å²) in [4.78, 5) is 22.9. The van der Waals surface area contributed by atoms with Crippen LogP contribution in [0, 0.1) is 6.92 Å². The second-order valence-electron chi connectivity index (χ2n) is 6.45. The third kappa shape index (κ3) is 3.38. The van der Waals surface area contributed by atoms with E-state index in [-0.39, 0.29) is 18.0 Å². The summed E-state index contributed by atoms with van der Waals surface area (Å²) in [6, 6.07) is 0.163. The smallest absolute Gasteiger partial charge is 0.317 e. The van der Waals surface area contributed by atoms with Crippen LogP contribution in [0.25, 0.3) is 0 Å². The highest BCUT2D eigenvalue weighted by atomic mass is 16.5. The first-order valence-electron chi connectivity index (χ1n) is 7.74. The van der Waals surface area contributed by atoms with Crippen molar-refractivity contribution in [1.29, 1.82) is 0 Å². The maximum absolute atomic E-state index is 12.3. The highest BCUT2D eigenvalue weighted by Crippen LogP contribution is 2.25. The quantitative estimate of drug-likeness (QED) is 0.810. The van der Waals surface area contributed by atoms with Gasteiger partial charge in [-0.3, -0.25) is 0 Å². The summed E-state index contributed by atoms with van der Waals surface area (Å²) < 4.78 is 5.16. The lowest BCUT2D eigenvalue weighted by atomic mass is 10.0. The second kappa shape index (κ2) is 6.21. The molecule has 22 heavy (non-hydrogen) atoms. The van der Waals surface area contributed by atoms with Crippen LogP contribution in [0.15, 0.2) is 4.52 Å². The SMILES string of the molecule is Cc1noc(C2CN(C(=O)NC3CN(C)CCN(C)C3)C2)n1. The minimum Gasteiger partial charge on any atom is -0.339 e. The van der Waals surface area contributed by atoms with E-state index in [1.165, 1.54) is 0 Å². The van der Waals surface area contributed by atoms with Gasteiger partial charge in [-0.1, -0.05) is 5.16 Å². The van der Waals surface area contributed by atoms with Crippen LogP contribution in [0.5, 0.6) is 0 Å². The first kappa shape index (κ1) is 15.2. The van der Waals surface area contributed by atoms with Gasteiger partial charge >= 0.3 is 6.03 Å². The van der Waals surface area contributed by atoms with Crippen molar-refractivity contribution >= 4 is 6.03 Å². The van der Waals surface area contributed by atoms with Crippen LogP contribution in [-0.2, 0) is 0 Å². The number of aromatic nitrogens is 2. The minimum absolute atomic E-state index is 0.00110. The van der Waals surface area contributed by atoms with Crippen molar-refractivity contribution < 1.29 is 9.32 Å². The summed E-state index contributed by atoms with van der Waals surface area (Å²) >= 11 is 0. The van der Waals surface area contributed by atoms with Gasteiger partial charge in [0.2, 0.25) is 5.89 Å². The summed E-state index contributed by atoms with van der Waals surface area (Å²) in [7, 11) is 4.19. The number of rotatable bonds is 2. The first-order valence-corrected chi connectivity index (χ1v) is 7.74. The predicted octanol–water partition coefficient (Wildman–Crippen LogP) is -0.267. The number of hydrogen-bond acceptors (Lipinski definition) is 6. The minimum atomic E-state index is 0.00110. The van der Waals surface area contributed by atoms with Gasteiger partial charge in [-0.2, -0.15) is 4.98 Å². The van der Waals surface area contributed by atoms with Crippen molar-refractivity contribution in [3.05, 3.63) is 11.7 Å². The lowest BCUT2D eigenvalue weighted by molar-refractivity contribution is 0.132. The lowest BCUT2D eigenvalue weighted by Crippen LogP contribution is -2.57. The Labute approximate surface area is 130 Å². The molecule has 1 N–H and O–H groups in total. The zero-order chi connectivity index (χ0) is 15.7. The Morgan fingerprint density at radius 2 is 1.82 bits per heavy atom. The molecule has 3 heterocycles. The molecule has 8 nitrogen and oxygen atoms in total. The Bertz CT molecular complexity index is 515. The van der Waals surface area contributed by atoms with E-state index in [1.807, 2.05) is 0 Å². The Kier molecular flexibility index (Phi) is 4.30. The fourth-order valence-corrected chi connectivity index (χ4v) is 2.97. The summed E-state index contributed by atoms with van der Waals surface area (Å²) in [6.07, 6.45) is 0. The third-order valence-corrected chi connectivity index (χ3v) is 4.32. The van der Waals surface area contributed by atoms with Gasteiger partial charge < -0.3 is 24.5 Å². The van der Waals surface area contributed by atoms with Gasteiger partial charge in [0.25, 0.3) is 0 Å². The van der Waals surface area contributed by atoms with Crippen LogP contribution < -0.4 is 5.32 Å². The molecule has 0 aromatic carbocycles. The van der Waals surface area contributed by atoms with Crippen LogP contribution >= 0.6 is 0 Å². The number of urea groups is 1. The van der Waals surface area contributed by atoms with Gasteiger partial charge in [0.1, 0.15) is 0 Å². The molecule has 2 fully saturated rings. The maximum atomic E-state index is 12.3. The van der Waals surface area contributed by atoms with E-state index >= 15 is 0 Å². The summed E-state index contributed by atoms with van der Waals surface area (Å²) in [5.41, 5.74) is 0. The topological polar surface area (TPSA) is 77.7 Å². The molecule has 0 unspecified atom stereocenters. The number of nitrogens with one attached hydrogen (secondary N) is 1. The van der Waals surface area contributed by atoms with Crippen LogP contribution in [0.4, 0.5) is 4.79 Å². The van der Waals surface area contributed by atoms with Crippen molar-refractivity contribution in [1.82, 2.24) is 30.2 Å². The van der Waals surface area contributed by atoms with E-state index in [1.54, 1.807) is 11.8 Å². The second-order valence-corrected chi connectivity index (χ2v) is 6.45. The molecule has 2 saturated heterocycles. The molecule has 0 atom stereocenters. The largest absolute Gasteiger partial charge is 0.339 e. The number of likely N-dealkylation sites (tertiary alicyclic amines) is 1. The van der Waals surface area contributed by atoms with Crippen molar-refractivity contribution in [3.8, 4) is 0 Å². The van der Waals surface area contributed by atoms with E-state index in [4.69, 9.17) is 4.52 Å². The molecule has 8 heteroatoms. The summed E-state index contributed by atoms with van der Waals surface area (Å²) in [5.74, 6) is 1.45. The zero-order valence-electron chi connectivity index (χ0n) is 13.4. The van der Waals surface area contributed by atoms with Crippen molar-refractivity contribution in [2.45, 2.75) is 18.9 Å². The molecule has 1 aromatic rings. The van der Waals surface area contributed by atoms with Crippen LogP contribution in [0.1, 0.15) is 17.6 Å². The number of hydrogen-bond donors (Lipinski definition) is 1. The number of carbonyl (C=O) groups is 1. The van der Waals surface area contributed by atoms with Gasteiger partial charge in [0.05, 0.1) is 12.0 Å². The van der Waals surface area contributed by atoms with Gasteiger partial charge in [0.15, 0.2) is 5.82 Å². The van der Waals surface area contributed by atoms with E-state index in [2.05, 4.69) is 39.4 Å². The fraction of sp³-hybridized carbons (Fsp3) is 0.786. The van der Waals surface area contributed by atoms with Gasteiger partial charge in [-0.05, 0) is 21.0 Å². The Hall–Kier alpha value is -1.67. The highest BCUT2D eigenvalue weighted by molar-refractivity contribution is 5.75. The molecular weight excluding hydrogens is 284 g/mol. The molecule has 0 bridgehead atoms. The molecule has 122 valence electrons. The van der Waals surface area contributed by atoms with Crippen LogP contribution in [0.2, 0.25) is 0 Å². The number of carbonyl (C=O) groups excluding carboxylic acids is 1. The van der Waals surface area contributed by atoms with Gasteiger partial charge in [-0.15, -0.1) is 0 Å². The number of likely N-dealkylation sites (N-methyl/N-ethyl adjacent to an activating group) is 2. The Balaban J connectivity index is 1.49. The standard InChI is InChI=1S/C14H24N6O2/c1-10-15-13(22-17-10)11-6-20(7-11)14(21)16-12-8-18(2)4-5-19(3)9-12/h11-12H,4-9H2,1-3H3,(H,16,21). The molecule has 0 aliphatic carbocycles. The fourth-order valence-electron chi connectivity index (χ4n) is 2.97. The molecule has 2 aliphatic heterocycles. The van der Waals surface area contributed by atoms with Crippen molar-refractivity contribution in [2.24, 2.45) is 0 Å². The normalized spacial score (nSPS) is 22.4. The Morgan fingerprint density at radius 3 is 2.36 bits per heavy atom. The molecular formula is C14H24N6O2.